The average molecular weight is 489 g/mol. The standard InChI is InChI=1S/C27H28N4O5/c1-36-16-4-14-28-27(33)24-17-22(29-26(32)20-7-10-23(11-8-20)31(34)35)9-12-25(24)30-15-13-19-5-2-3-6-21(19)18-30/h2-3,5-12,17H,4,13-16,18H2,1H3,(H,28,33)(H,29,32). The van der Waals surface area contributed by atoms with Crippen LogP contribution in [0.25, 0.3) is 0 Å². The zero-order valence-electron chi connectivity index (χ0n) is 20.0. The van der Waals surface area contributed by atoms with Crippen LogP contribution in [0.1, 0.15) is 38.3 Å². The van der Waals surface area contributed by atoms with E-state index in [0.717, 1.165) is 18.7 Å². The van der Waals surface area contributed by atoms with Gasteiger partial charge >= 0.3 is 0 Å². The van der Waals surface area contributed by atoms with Crippen LogP contribution in [0.15, 0.2) is 66.7 Å². The van der Waals surface area contributed by atoms with E-state index in [-0.39, 0.29) is 17.2 Å². The van der Waals surface area contributed by atoms with Gasteiger partial charge < -0.3 is 20.3 Å². The van der Waals surface area contributed by atoms with Crippen molar-refractivity contribution in [3.05, 3.63) is 99.1 Å². The lowest BCUT2D eigenvalue weighted by Gasteiger charge is -2.32. The summed E-state index contributed by atoms with van der Waals surface area (Å²) in [6.07, 6.45) is 1.56. The number of carbonyl (C=O) groups excluding carboxylic acids is 2. The number of amides is 2. The molecule has 0 unspecified atom stereocenters. The quantitative estimate of drug-likeness (QED) is 0.265. The normalized spacial score (nSPS) is 12.5. The van der Waals surface area contributed by atoms with Gasteiger partial charge in [-0.25, -0.2) is 0 Å². The van der Waals surface area contributed by atoms with Gasteiger partial charge in [-0.05, 0) is 54.3 Å². The highest BCUT2D eigenvalue weighted by molar-refractivity contribution is 6.06. The third-order valence-corrected chi connectivity index (χ3v) is 6.12. The Morgan fingerprint density at radius 1 is 1.03 bits per heavy atom. The van der Waals surface area contributed by atoms with E-state index in [2.05, 4.69) is 27.7 Å². The molecule has 2 amide bonds. The fourth-order valence-corrected chi connectivity index (χ4v) is 4.22. The molecule has 3 aromatic rings. The van der Waals surface area contributed by atoms with E-state index >= 15 is 0 Å². The zero-order valence-corrected chi connectivity index (χ0v) is 20.0. The van der Waals surface area contributed by atoms with Gasteiger partial charge in [0.25, 0.3) is 17.5 Å². The predicted molar refractivity (Wildman–Crippen MR) is 138 cm³/mol. The van der Waals surface area contributed by atoms with Crippen LogP contribution in [-0.4, -0.2) is 43.5 Å². The van der Waals surface area contributed by atoms with Gasteiger partial charge in [0.2, 0.25) is 0 Å². The van der Waals surface area contributed by atoms with Crippen LogP contribution >= 0.6 is 0 Å². The zero-order chi connectivity index (χ0) is 25.5. The summed E-state index contributed by atoms with van der Waals surface area (Å²) in [7, 11) is 1.62. The molecule has 0 radical (unpaired) electrons. The molecule has 0 saturated carbocycles. The van der Waals surface area contributed by atoms with Crippen molar-refractivity contribution in [1.82, 2.24) is 5.32 Å². The first-order chi connectivity index (χ1) is 17.5. The number of carbonyl (C=O) groups is 2. The van der Waals surface area contributed by atoms with Crippen molar-refractivity contribution in [2.75, 3.05) is 37.0 Å². The van der Waals surface area contributed by atoms with E-state index in [4.69, 9.17) is 4.74 Å². The van der Waals surface area contributed by atoms with Crippen LogP contribution in [0, 0.1) is 10.1 Å². The molecule has 186 valence electrons. The summed E-state index contributed by atoms with van der Waals surface area (Å²) < 4.78 is 5.06. The van der Waals surface area contributed by atoms with Crippen LogP contribution in [0.5, 0.6) is 0 Å². The maximum atomic E-state index is 13.2. The van der Waals surface area contributed by atoms with Crippen molar-refractivity contribution in [2.24, 2.45) is 0 Å². The number of anilines is 2. The number of hydrogen-bond donors (Lipinski definition) is 2. The van der Waals surface area contributed by atoms with Gasteiger partial charge in [0, 0.05) is 62.4 Å². The Labute approximate surface area is 209 Å². The van der Waals surface area contributed by atoms with Gasteiger partial charge in [-0.1, -0.05) is 24.3 Å². The number of benzene rings is 3. The summed E-state index contributed by atoms with van der Waals surface area (Å²) in [4.78, 5) is 38.4. The SMILES string of the molecule is COCCCNC(=O)c1cc(NC(=O)c2ccc([N+](=O)[O-])cc2)ccc1N1CCc2ccccc2C1. The molecule has 1 heterocycles. The Balaban J connectivity index is 1.57. The molecule has 3 aromatic carbocycles. The molecule has 2 N–H and O–H groups in total. The molecule has 0 aromatic heterocycles. The molecule has 9 nitrogen and oxygen atoms in total. The second kappa shape index (κ2) is 11.5. The Bertz CT molecular complexity index is 1260. The average Bonchev–Trinajstić information content (AvgIpc) is 2.90. The number of hydrogen-bond acceptors (Lipinski definition) is 6. The van der Waals surface area contributed by atoms with Crippen molar-refractivity contribution < 1.29 is 19.2 Å². The highest BCUT2D eigenvalue weighted by Gasteiger charge is 2.22. The Kier molecular flexibility index (Phi) is 7.92. The first-order valence-electron chi connectivity index (χ1n) is 11.7. The van der Waals surface area contributed by atoms with E-state index in [9.17, 15) is 19.7 Å². The minimum Gasteiger partial charge on any atom is -0.385 e. The van der Waals surface area contributed by atoms with E-state index < -0.39 is 10.8 Å². The van der Waals surface area contributed by atoms with Gasteiger partial charge in [-0.3, -0.25) is 19.7 Å². The molecule has 0 atom stereocenters. The van der Waals surface area contributed by atoms with Gasteiger partial charge in [0.05, 0.1) is 10.5 Å². The number of nitrogens with one attached hydrogen (secondary N) is 2. The van der Waals surface area contributed by atoms with Gasteiger partial charge in [-0.15, -0.1) is 0 Å². The number of fused-ring (bicyclic) bond motifs is 1. The summed E-state index contributed by atoms with van der Waals surface area (Å²) in [6, 6.07) is 18.9. The molecular formula is C27H28N4O5. The van der Waals surface area contributed by atoms with Crippen molar-refractivity contribution in [3.8, 4) is 0 Å². The molecule has 4 rings (SSSR count). The van der Waals surface area contributed by atoms with Gasteiger partial charge in [0.15, 0.2) is 0 Å². The molecule has 0 aliphatic carbocycles. The van der Waals surface area contributed by atoms with Crippen molar-refractivity contribution >= 4 is 28.9 Å². The maximum absolute atomic E-state index is 13.2. The highest BCUT2D eigenvalue weighted by atomic mass is 16.6. The number of methoxy groups -OCH3 is 1. The van der Waals surface area contributed by atoms with Crippen molar-refractivity contribution in [1.29, 1.82) is 0 Å². The molecular weight excluding hydrogens is 460 g/mol. The van der Waals surface area contributed by atoms with E-state index in [1.807, 2.05) is 18.2 Å². The number of rotatable bonds is 9. The third-order valence-electron chi connectivity index (χ3n) is 6.12. The molecule has 1 aliphatic rings. The Morgan fingerprint density at radius 3 is 2.50 bits per heavy atom. The third kappa shape index (κ3) is 5.87. The molecule has 0 bridgehead atoms. The smallest absolute Gasteiger partial charge is 0.269 e. The fraction of sp³-hybridized carbons (Fsp3) is 0.259. The second-order valence-electron chi connectivity index (χ2n) is 8.53. The van der Waals surface area contributed by atoms with Gasteiger partial charge in [-0.2, -0.15) is 0 Å². The number of nitro benzene ring substituents is 1. The molecule has 0 spiro atoms. The predicted octanol–water partition coefficient (Wildman–Crippen LogP) is 4.18. The molecule has 1 aliphatic heterocycles. The number of nitro groups is 1. The van der Waals surface area contributed by atoms with E-state index in [0.29, 0.717) is 37.4 Å². The Morgan fingerprint density at radius 2 is 1.78 bits per heavy atom. The summed E-state index contributed by atoms with van der Waals surface area (Å²) in [6.45, 7) is 2.47. The fourth-order valence-electron chi connectivity index (χ4n) is 4.22. The van der Waals surface area contributed by atoms with Crippen LogP contribution in [0.3, 0.4) is 0 Å². The topological polar surface area (TPSA) is 114 Å². The second-order valence-corrected chi connectivity index (χ2v) is 8.53. The largest absolute Gasteiger partial charge is 0.385 e. The summed E-state index contributed by atoms with van der Waals surface area (Å²) >= 11 is 0. The number of ether oxygens (including phenoxy) is 1. The number of non-ortho nitro benzene ring substituents is 1. The van der Waals surface area contributed by atoms with Crippen LogP contribution < -0.4 is 15.5 Å². The summed E-state index contributed by atoms with van der Waals surface area (Å²) in [5.41, 5.74) is 4.45. The van der Waals surface area contributed by atoms with Crippen molar-refractivity contribution in [2.45, 2.75) is 19.4 Å². The van der Waals surface area contributed by atoms with Gasteiger partial charge in [0.1, 0.15) is 0 Å². The highest BCUT2D eigenvalue weighted by Crippen LogP contribution is 2.30. The van der Waals surface area contributed by atoms with Crippen molar-refractivity contribution in [3.63, 3.8) is 0 Å². The molecule has 0 saturated heterocycles. The lowest BCUT2D eigenvalue weighted by molar-refractivity contribution is -0.384. The summed E-state index contributed by atoms with van der Waals surface area (Å²) in [5.74, 6) is -0.651. The van der Waals surface area contributed by atoms with Crippen LogP contribution in [-0.2, 0) is 17.7 Å². The minimum atomic E-state index is -0.517. The lowest BCUT2D eigenvalue weighted by atomic mass is 9.98. The molecule has 0 fully saturated rings. The van der Waals surface area contributed by atoms with E-state index in [1.165, 1.54) is 35.4 Å². The minimum absolute atomic E-state index is 0.0913. The van der Waals surface area contributed by atoms with Crippen LogP contribution in [0.4, 0.5) is 17.1 Å². The lowest BCUT2D eigenvalue weighted by Crippen LogP contribution is -2.33. The molecule has 36 heavy (non-hydrogen) atoms. The first kappa shape index (κ1) is 24.9. The van der Waals surface area contributed by atoms with Crippen LogP contribution in [0.2, 0.25) is 0 Å². The maximum Gasteiger partial charge on any atom is 0.269 e. The van der Waals surface area contributed by atoms with E-state index in [1.54, 1.807) is 19.2 Å². The molecule has 9 heteroatoms. The number of nitrogens with zero attached hydrogens (tertiary/aromatic N) is 2. The monoisotopic (exact) mass is 488 g/mol. The first-order valence-corrected chi connectivity index (χ1v) is 11.7. The summed E-state index contributed by atoms with van der Waals surface area (Å²) in [5, 5.41) is 16.6. The Hall–Kier alpha value is -4.24.